The summed E-state index contributed by atoms with van der Waals surface area (Å²) < 4.78 is 1.63. The van der Waals surface area contributed by atoms with Crippen molar-refractivity contribution >= 4 is 17.5 Å². The third-order valence-electron chi connectivity index (χ3n) is 4.04. The van der Waals surface area contributed by atoms with E-state index >= 15 is 0 Å². The summed E-state index contributed by atoms with van der Waals surface area (Å²) in [5.74, 6) is 0.245. The summed E-state index contributed by atoms with van der Waals surface area (Å²) >= 11 is 0. The van der Waals surface area contributed by atoms with Gasteiger partial charge in [-0.05, 0) is 37.5 Å². The van der Waals surface area contributed by atoms with E-state index in [1.54, 1.807) is 11.0 Å². The lowest BCUT2D eigenvalue weighted by atomic mass is 10.1. The molecule has 2 N–H and O–H groups in total. The van der Waals surface area contributed by atoms with Gasteiger partial charge in [0.2, 0.25) is 11.8 Å². The third-order valence-corrected chi connectivity index (χ3v) is 4.04. The van der Waals surface area contributed by atoms with Crippen molar-refractivity contribution in [2.75, 3.05) is 5.32 Å². The summed E-state index contributed by atoms with van der Waals surface area (Å²) in [6.45, 7) is 2.44. The lowest BCUT2D eigenvalue weighted by Gasteiger charge is -2.15. The van der Waals surface area contributed by atoms with Crippen molar-refractivity contribution in [1.82, 2.24) is 20.1 Å². The maximum atomic E-state index is 12.0. The van der Waals surface area contributed by atoms with Gasteiger partial charge in [0.1, 0.15) is 12.7 Å². The molecule has 7 heteroatoms. The maximum absolute atomic E-state index is 12.0. The number of benzene rings is 1. The van der Waals surface area contributed by atoms with E-state index in [1.165, 1.54) is 6.33 Å². The zero-order valence-electron chi connectivity index (χ0n) is 13.6. The minimum Gasteiger partial charge on any atom is -0.350 e. The summed E-state index contributed by atoms with van der Waals surface area (Å²) in [6.07, 6.45) is 5.36. The van der Waals surface area contributed by atoms with Crippen molar-refractivity contribution in [2.45, 2.75) is 38.8 Å². The standard InChI is InChI=1S/C17H21N5O2/c1-12(20-16(23)8-9-22-11-18-10-19-22)13-4-6-15(7-5-13)21-17(24)14-2-3-14/h4-7,10-12,14H,2-3,8-9H2,1H3,(H,20,23)(H,21,24). The zero-order chi connectivity index (χ0) is 16.9. The lowest BCUT2D eigenvalue weighted by Crippen LogP contribution is -2.27. The number of aromatic nitrogens is 3. The molecule has 1 aromatic heterocycles. The van der Waals surface area contributed by atoms with Gasteiger partial charge in [-0.15, -0.1) is 0 Å². The van der Waals surface area contributed by atoms with Gasteiger partial charge in [0, 0.05) is 18.0 Å². The number of aryl methyl sites for hydroxylation is 1. The van der Waals surface area contributed by atoms with Crippen molar-refractivity contribution in [3.8, 4) is 0 Å². The number of carbonyl (C=O) groups is 2. The highest BCUT2D eigenvalue weighted by atomic mass is 16.2. The second-order valence-corrected chi connectivity index (χ2v) is 6.08. The fraction of sp³-hybridized carbons (Fsp3) is 0.412. The van der Waals surface area contributed by atoms with Crippen LogP contribution in [-0.4, -0.2) is 26.6 Å². The monoisotopic (exact) mass is 327 g/mol. The van der Waals surface area contributed by atoms with E-state index in [0.29, 0.717) is 13.0 Å². The highest BCUT2D eigenvalue weighted by Gasteiger charge is 2.29. The van der Waals surface area contributed by atoms with Crippen LogP contribution >= 0.6 is 0 Å². The fourth-order valence-corrected chi connectivity index (χ4v) is 2.41. The van der Waals surface area contributed by atoms with Crippen LogP contribution in [0.3, 0.4) is 0 Å². The molecule has 1 unspecified atom stereocenters. The number of anilines is 1. The van der Waals surface area contributed by atoms with E-state index in [4.69, 9.17) is 0 Å². The molecule has 1 saturated carbocycles. The molecule has 3 rings (SSSR count). The number of nitrogens with zero attached hydrogens (tertiary/aromatic N) is 3. The first-order valence-corrected chi connectivity index (χ1v) is 8.14. The first-order chi connectivity index (χ1) is 11.6. The first kappa shape index (κ1) is 16.2. The molecular weight excluding hydrogens is 306 g/mol. The van der Waals surface area contributed by atoms with Crippen molar-refractivity contribution in [2.24, 2.45) is 5.92 Å². The zero-order valence-corrected chi connectivity index (χ0v) is 13.6. The summed E-state index contributed by atoms with van der Waals surface area (Å²) in [4.78, 5) is 27.6. The van der Waals surface area contributed by atoms with Crippen LogP contribution in [0.5, 0.6) is 0 Å². The second-order valence-electron chi connectivity index (χ2n) is 6.08. The molecule has 1 aliphatic rings. The van der Waals surface area contributed by atoms with Gasteiger partial charge in [-0.1, -0.05) is 12.1 Å². The van der Waals surface area contributed by atoms with E-state index < -0.39 is 0 Å². The average Bonchev–Trinajstić information content (AvgIpc) is 3.30. The van der Waals surface area contributed by atoms with Gasteiger partial charge < -0.3 is 10.6 Å². The molecule has 0 saturated heterocycles. The van der Waals surface area contributed by atoms with Crippen molar-refractivity contribution in [3.05, 3.63) is 42.5 Å². The number of rotatable bonds is 7. The molecule has 1 fully saturated rings. The van der Waals surface area contributed by atoms with Gasteiger partial charge in [0.05, 0.1) is 12.6 Å². The van der Waals surface area contributed by atoms with E-state index in [9.17, 15) is 9.59 Å². The van der Waals surface area contributed by atoms with Crippen LogP contribution in [-0.2, 0) is 16.1 Å². The number of amides is 2. The van der Waals surface area contributed by atoms with Gasteiger partial charge in [-0.3, -0.25) is 14.3 Å². The molecule has 0 bridgehead atoms. The molecule has 2 aromatic rings. The molecule has 126 valence electrons. The predicted molar refractivity (Wildman–Crippen MR) is 89.0 cm³/mol. The Kier molecular flexibility index (Phi) is 4.88. The molecular formula is C17H21N5O2. The Labute approximate surface area is 140 Å². The van der Waals surface area contributed by atoms with Crippen LogP contribution in [0.1, 0.15) is 37.8 Å². The molecule has 0 aliphatic heterocycles. The molecule has 1 heterocycles. The predicted octanol–water partition coefficient (Wildman–Crippen LogP) is 1.89. The Morgan fingerprint density at radius 1 is 1.29 bits per heavy atom. The smallest absolute Gasteiger partial charge is 0.227 e. The van der Waals surface area contributed by atoms with Crippen LogP contribution in [0, 0.1) is 5.92 Å². The van der Waals surface area contributed by atoms with Gasteiger partial charge in [-0.2, -0.15) is 5.10 Å². The molecule has 0 spiro atoms. The van der Waals surface area contributed by atoms with Crippen molar-refractivity contribution in [1.29, 1.82) is 0 Å². The first-order valence-electron chi connectivity index (χ1n) is 8.14. The van der Waals surface area contributed by atoms with Gasteiger partial charge in [-0.25, -0.2) is 4.98 Å². The summed E-state index contributed by atoms with van der Waals surface area (Å²) in [7, 11) is 0. The van der Waals surface area contributed by atoms with E-state index in [-0.39, 0.29) is 23.8 Å². The third kappa shape index (κ3) is 4.41. The minimum absolute atomic E-state index is 0.0379. The topological polar surface area (TPSA) is 88.9 Å². The highest BCUT2D eigenvalue weighted by molar-refractivity contribution is 5.94. The summed E-state index contributed by atoms with van der Waals surface area (Å²) in [5, 5.41) is 9.83. The molecule has 1 aromatic carbocycles. The number of nitrogens with one attached hydrogen (secondary N) is 2. The van der Waals surface area contributed by atoms with Crippen LogP contribution in [0.2, 0.25) is 0 Å². The largest absolute Gasteiger partial charge is 0.350 e. The molecule has 1 atom stereocenters. The number of carbonyl (C=O) groups excluding carboxylic acids is 2. The second kappa shape index (κ2) is 7.25. The Morgan fingerprint density at radius 2 is 2.04 bits per heavy atom. The number of hydrogen-bond acceptors (Lipinski definition) is 4. The average molecular weight is 327 g/mol. The summed E-state index contributed by atoms with van der Waals surface area (Å²) in [6, 6.07) is 7.48. The van der Waals surface area contributed by atoms with Gasteiger partial charge in [0.25, 0.3) is 0 Å². The Balaban J connectivity index is 1.47. The fourth-order valence-electron chi connectivity index (χ4n) is 2.41. The van der Waals surface area contributed by atoms with Crippen LogP contribution < -0.4 is 10.6 Å². The number of hydrogen-bond donors (Lipinski definition) is 2. The highest BCUT2D eigenvalue weighted by Crippen LogP contribution is 2.30. The van der Waals surface area contributed by atoms with Gasteiger partial charge in [0.15, 0.2) is 0 Å². The summed E-state index contributed by atoms with van der Waals surface area (Å²) in [5.41, 5.74) is 1.79. The van der Waals surface area contributed by atoms with Gasteiger partial charge >= 0.3 is 0 Å². The Hall–Kier alpha value is -2.70. The van der Waals surface area contributed by atoms with Crippen molar-refractivity contribution < 1.29 is 9.59 Å². The Morgan fingerprint density at radius 3 is 2.67 bits per heavy atom. The van der Waals surface area contributed by atoms with E-state index in [1.807, 2.05) is 31.2 Å². The van der Waals surface area contributed by atoms with Crippen LogP contribution in [0.25, 0.3) is 0 Å². The quantitative estimate of drug-likeness (QED) is 0.813. The van der Waals surface area contributed by atoms with E-state index in [0.717, 1.165) is 24.1 Å². The van der Waals surface area contributed by atoms with Crippen LogP contribution in [0.4, 0.5) is 5.69 Å². The molecule has 0 radical (unpaired) electrons. The van der Waals surface area contributed by atoms with Crippen molar-refractivity contribution in [3.63, 3.8) is 0 Å². The van der Waals surface area contributed by atoms with Crippen LogP contribution in [0.15, 0.2) is 36.9 Å². The maximum Gasteiger partial charge on any atom is 0.227 e. The molecule has 7 nitrogen and oxygen atoms in total. The molecule has 24 heavy (non-hydrogen) atoms. The lowest BCUT2D eigenvalue weighted by molar-refractivity contribution is -0.122. The molecule has 1 aliphatic carbocycles. The Bertz CT molecular complexity index is 692. The van der Waals surface area contributed by atoms with E-state index in [2.05, 4.69) is 20.7 Å². The SMILES string of the molecule is CC(NC(=O)CCn1cncn1)c1ccc(NC(=O)C2CC2)cc1. The minimum atomic E-state index is -0.0959. The molecule has 2 amide bonds. The normalized spacial score (nSPS) is 14.9.